The molecule has 0 saturated heterocycles. The number of aromatic carboxylic acids is 1. The van der Waals surface area contributed by atoms with E-state index >= 15 is 0 Å². The molecule has 0 saturated carbocycles. The van der Waals surface area contributed by atoms with Gasteiger partial charge >= 0.3 is 5.97 Å². The second kappa shape index (κ2) is 3.43. The minimum absolute atomic E-state index is 0.0215. The molecule has 0 amide bonds. The minimum atomic E-state index is -1.18. The molecule has 4 nitrogen and oxygen atoms in total. The lowest BCUT2D eigenvalue weighted by Crippen LogP contribution is -2.26. The Kier molecular flexibility index (Phi) is 2.51. The van der Waals surface area contributed by atoms with E-state index in [4.69, 9.17) is 5.11 Å². The van der Waals surface area contributed by atoms with Crippen molar-refractivity contribution in [1.29, 1.82) is 0 Å². The van der Waals surface area contributed by atoms with Crippen LogP contribution in [0.5, 0.6) is 0 Å². The Morgan fingerprint density at radius 3 is 2.62 bits per heavy atom. The molecule has 0 aliphatic carbocycles. The van der Waals surface area contributed by atoms with Gasteiger partial charge in [0.05, 0.1) is 0 Å². The van der Waals surface area contributed by atoms with E-state index in [0.29, 0.717) is 0 Å². The molecule has 4 heteroatoms. The average molecular weight is 181 g/mol. The summed E-state index contributed by atoms with van der Waals surface area (Å²) >= 11 is 0. The molecule has 0 aliphatic rings. The fourth-order valence-electron chi connectivity index (χ4n) is 1.08. The van der Waals surface area contributed by atoms with Gasteiger partial charge in [0.2, 0.25) is 0 Å². The van der Waals surface area contributed by atoms with Crippen molar-refractivity contribution in [2.75, 3.05) is 0 Å². The molecule has 0 radical (unpaired) electrons. The number of aromatic nitrogens is 1. The number of nitrogens with zero attached hydrogens (tertiary/aromatic N) is 1. The van der Waals surface area contributed by atoms with E-state index in [1.807, 2.05) is 13.8 Å². The Morgan fingerprint density at radius 2 is 2.15 bits per heavy atom. The summed E-state index contributed by atoms with van der Waals surface area (Å²) in [6, 6.07) is 2.85. The lowest BCUT2D eigenvalue weighted by Gasteiger charge is -2.09. The Morgan fingerprint density at radius 1 is 1.54 bits per heavy atom. The number of pyridine rings is 1. The van der Waals surface area contributed by atoms with Gasteiger partial charge in [0.1, 0.15) is 5.56 Å². The number of carboxylic acids is 1. The summed E-state index contributed by atoms with van der Waals surface area (Å²) in [5.41, 5.74) is -0.638. The number of hydrogen-bond donors (Lipinski definition) is 1. The molecule has 0 aliphatic heterocycles. The van der Waals surface area contributed by atoms with Crippen molar-refractivity contribution in [3.8, 4) is 0 Å². The summed E-state index contributed by atoms with van der Waals surface area (Å²) in [4.78, 5) is 22.0. The second-order valence-corrected chi connectivity index (χ2v) is 3.03. The number of hydrogen-bond acceptors (Lipinski definition) is 2. The Balaban J connectivity index is 3.36. The summed E-state index contributed by atoms with van der Waals surface area (Å²) < 4.78 is 1.39. The van der Waals surface area contributed by atoms with E-state index in [9.17, 15) is 9.59 Å². The van der Waals surface area contributed by atoms with Gasteiger partial charge < -0.3 is 9.67 Å². The van der Waals surface area contributed by atoms with Crippen molar-refractivity contribution in [3.05, 3.63) is 34.2 Å². The van der Waals surface area contributed by atoms with Gasteiger partial charge in [-0.25, -0.2) is 4.79 Å². The second-order valence-electron chi connectivity index (χ2n) is 3.03. The van der Waals surface area contributed by atoms with Crippen molar-refractivity contribution in [2.24, 2.45) is 0 Å². The van der Waals surface area contributed by atoms with E-state index < -0.39 is 11.5 Å². The first-order valence-corrected chi connectivity index (χ1v) is 3.98. The summed E-state index contributed by atoms with van der Waals surface area (Å²) in [7, 11) is 0. The Hall–Kier alpha value is -1.58. The quantitative estimate of drug-likeness (QED) is 0.743. The fourth-order valence-corrected chi connectivity index (χ4v) is 1.08. The summed E-state index contributed by atoms with van der Waals surface area (Å²) in [5.74, 6) is -1.18. The minimum Gasteiger partial charge on any atom is -0.477 e. The van der Waals surface area contributed by atoms with Crippen LogP contribution < -0.4 is 5.56 Å². The van der Waals surface area contributed by atoms with Crippen LogP contribution in [0.2, 0.25) is 0 Å². The lowest BCUT2D eigenvalue weighted by atomic mass is 10.2. The number of carboxylic acid groups (broad SMARTS) is 1. The van der Waals surface area contributed by atoms with Gasteiger partial charge in [0.25, 0.3) is 5.56 Å². The SMILES string of the molecule is CC(C)n1cccc(C(=O)O)c1=O. The van der Waals surface area contributed by atoms with Crippen molar-refractivity contribution < 1.29 is 9.90 Å². The fraction of sp³-hybridized carbons (Fsp3) is 0.333. The van der Waals surface area contributed by atoms with Crippen LogP contribution >= 0.6 is 0 Å². The van der Waals surface area contributed by atoms with Gasteiger partial charge in [-0.3, -0.25) is 4.79 Å². The van der Waals surface area contributed by atoms with Crippen molar-refractivity contribution in [1.82, 2.24) is 4.57 Å². The molecule has 0 fully saturated rings. The van der Waals surface area contributed by atoms with E-state index in [0.717, 1.165) is 0 Å². The zero-order valence-electron chi connectivity index (χ0n) is 7.52. The third-order valence-corrected chi connectivity index (χ3v) is 1.76. The molecule has 1 rings (SSSR count). The van der Waals surface area contributed by atoms with E-state index in [-0.39, 0.29) is 11.6 Å². The zero-order chi connectivity index (χ0) is 10.0. The van der Waals surface area contributed by atoms with E-state index in [1.54, 1.807) is 12.3 Å². The van der Waals surface area contributed by atoms with Crippen molar-refractivity contribution in [3.63, 3.8) is 0 Å². The molecule has 1 N–H and O–H groups in total. The van der Waals surface area contributed by atoms with Crippen LogP contribution in [0.25, 0.3) is 0 Å². The smallest absolute Gasteiger partial charge is 0.341 e. The summed E-state index contributed by atoms with van der Waals surface area (Å²) in [5, 5.41) is 8.66. The first kappa shape index (κ1) is 9.51. The molecular formula is C9H11NO3. The molecular weight excluding hydrogens is 170 g/mol. The summed E-state index contributed by atoms with van der Waals surface area (Å²) in [6.45, 7) is 3.65. The highest BCUT2D eigenvalue weighted by Crippen LogP contribution is 2.00. The maximum Gasteiger partial charge on any atom is 0.341 e. The molecule has 13 heavy (non-hydrogen) atoms. The van der Waals surface area contributed by atoms with Crippen LogP contribution in [-0.4, -0.2) is 15.6 Å². The van der Waals surface area contributed by atoms with E-state index in [2.05, 4.69) is 0 Å². The Labute approximate surface area is 75.4 Å². The average Bonchev–Trinajstić information content (AvgIpc) is 2.03. The third kappa shape index (κ3) is 1.77. The van der Waals surface area contributed by atoms with Gasteiger partial charge in [0.15, 0.2) is 0 Å². The van der Waals surface area contributed by atoms with Gasteiger partial charge in [-0.2, -0.15) is 0 Å². The highest BCUT2D eigenvalue weighted by molar-refractivity contribution is 5.86. The molecule has 0 atom stereocenters. The highest BCUT2D eigenvalue weighted by Gasteiger charge is 2.10. The standard InChI is InChI=1S/C9H11NO3/c1-6(2)10-5-3-4-7(8(10)11)9(12)13/h3-6H,1-2H3,(H,12,13). The van der Waals surface area contributed by atoms with Crippen LogP contribution in [0.4, 0.5) is 0 Å². The maximum absolute atomic E-state index is 11.4. The monoisotopic (exact) mass is 181 g/mol. The van der Waals surface area contributed by atoms with Crippen LogP contribution in [-0.2, 0) is 0 Å². The molecule has 0 aromatic carbocycles. The zero-order valence-corrected chi connectivity index (χ0v) is 7.52. The van der Waals surface area contributed by atoms with Gasteiger partial charge in [0, 0.05) is 12.2 Å². The molecule has 0 spiro atoms. The van der Waals surface area contributed by atoms with Gasteiger partial charge in [-0.05, 0) is 26.0 Å². The van der Waals surface area contributed by atoms with Crippen LogP contribution in [0.3, 0.4) is 0 Å². The van der Waals surface area contributed by atoms with E-state index in [1.165, 1.54) is 10.6 Å². The first-order valence-electron chi connectivity index (χ1n) is 3.98. The number of rotatable bonds is 2. The molecule has 1 aromatic rings. The molecule has 0 unspecified atom stereocenters. The summed E-state index contributed by atoms with van der Waals surface area (Å²) in [6.07, 6.45) is 1.58. The van der Waals surface area contributed by atoms with Gasteiger partial charge in [-0.1, -0.05) is 0 Å². The third-order valence-electron chi connectivity index (χ3n) is 1.76. The van der Waals surface area contributed by atoms with Crippen molar-refractivity contribution >= 4 is 5.97 Å². The predicted octanol–water partition coefficient (Wildman–Crippen LogP) is 1.13. The van der Waals surface area contributed by atoms with Gasteiger partial charge in [-0.15, -0.1) is 0 Å². The normalized spacial score (nSPS) is 10.4. The lowest BCUT2D eigenvalue weighted by molar-refractivity contribution is 0.0694. The Bertz CT molecular complexity index is 379. The predicted molar refractivity (Wildman–Crippen MR) is 48.0 cm³/mol. The number of carbonyl (C=O) groups is 1. The topological polar surface area (TPSA) is 59.3 Å². The first-order chi connectivity index (χ1) is 6.04. The molecule has 0 bridgehead atoms. The maximum atomic E-state index is 11.4. The molecule has 1 aromatic heterocycles. The van der Waals surface area contributed by atoms with Crippen LogP contribution in [0.1, 0.15) is 30.2 Å². The molecule has 70 valence electrons. The highest BCUT2D eigenvalue weighted by atomic mass is 16.4. The van der Waals surface area contributed by atoms with Crippen molar-refractivity contribution in [2.45, 2.75) is 19.9 Å². The van der Waals surface area contributed by atoms with Crippen LogP contribution in [0, 0.1) is 0 Å². The largest absolute Gasteiger partial charge is 0.477 e. The van der Waals surface area contributed by atoms with Crippen LogP contribution in [0.15, 0.2) is 23.1 Å². The molecule has 1 heterocycles.